The molecular formula is C24H37O7P. The van der Waals surface area contributed by atoms with E-state index in [2.05, 4.69) is 39.5 Å². The third kappa shape index (κ3) is 10.9. The van der Waals surface area contributed by atoms with Crippen molar-refractivity contribution in [3.8, 4) is 0 Å². The van der Waals surface area contributed by atoms with Crippen molar-refractivity contribution in [3.63, 3.8) is 0 Å². The van der Waals surface area contributed by atoms with E-state index in [4.69, 9.17) is 19.4 Å². The molecule has 0 aromatic heterocycles. The number of hydrogen-bond acceptors (Lipinski definition) is 7. The van der Waals surface area contributed by atoms with E-state index in [1.54, 1.807) is 0 Å². The zero-order chi connectivity index (χ0) is 24.7. The predicted molar refractivity (Wildman–Crippen MR) is 126 cm³/mol. The quantitative estimate of drug-likeness (QED) is 0.285. The standard InChI is InChI=1S/C22H34O5P.C2H4O2/c1-6-28(7-2,8-3)20(18-12-10-9-11-13-18)14-21(24)26-15-19(23)16-27-22(25)17(4)5;1-2(3)4/h9-13,19-20,23H,4,6-8,14-16H2,1-3,5H3;1H3,(H,3,4)/q+1;/p-1. The number of carbonyl (C=O) groups is 3. The highest BCUT2D eigenvalue weighted by molar-refractivity contribution is 7.76. The average molecular weight is 469 g/mol. The third-order valence-corrected chi connectivity index (χ3v) is 10.9. The fourth-order valence-electron chi connectivity index (χ4n) is 3.38. The second-order valence-electron chi connectivity index (χ2n) is 7.51. The van der Waals surface area contributed by atoms with Gasteiger partial charge in [-0.1, -0.05) is 36.9 Å². The second-order valence-corrected chi connectivity index (χ2v) is 12.5. The van der Waals surface area contributed by atoms with Gasteiger partial charge < -0.3 is 24.5 Å². The summed E-state index contributed by atoms with van der Waals surface area (Å²) in [6, 6.07) is 10.1. The normalized spacial score (nSPS) is 12.6. The van der Waals surface area contributed by atoms with Crippen molar-refractivity contribution in [2.45, 2.75) is 52.8 Å². The Morgan fingerprint density at radius 3 is 1.91 bits per heavy atom. The van der Waals surface area contributed by atoms with Crippen LogP contribution in [0, 0.1) is 0 Å². The van der Waals surface area contributed by atoms with Crippen LogP contribution < -0.4 is 5.11 Å². The number of carbonyl (C=O) groups excluding carboxylic acids is 3. The van der Waals surface area contributed by atoms with Gasteiger partial charge in [0.05, 0.1) is 24.9 Å². The highest BCUT2D eigenvalue weighted by Gasteiger charge is 2.43. The Bertz CT molecular complexity index is 717. The SMILES string of the molecule is C=C(C)C(=O)OCC(O)COC(=O)CC(c1ccccc1)[P+](CC)(CC)CC.CC(=O)[O-]. The van der Waals surface area contributed by atoms with Crippen LogP contribution in [-0.2, 0) is 23.9 Å². The summed E-state index contributed by atoms with van der Waals surface area (Å²) < 4.78 is 10.2. The average Bonchev–Trinajstić information content (AvgIpc) is 2.76. The summed E-state index contributed by atoms with van der Waals surface area (Å²) in [5.41, 5.74) is 1.59. The monoisotopic (exact) mass is 468 g/mol. The van der Waals surface area contributed by atoms with Gasteiger partial charge >= 0.3 is 11.9 Å². The smallest absolute Gasteiger partial charge is 0.333 e. The number of rotatable bonds is 12. The Balaban J connectivity index is 0.00000220. The van der Waals surface area contributed by atoms with Crippen LogP contribution in [0.5, 0.6) is 0 Å². The number of aliphatic carboxylic acids is 1. The molecule has 0 aliphatic carbocycles. The molecule has 0 fully saturated rings. The zero-order valence-corrected chi connectivity index (χ0v) is 20.7. The zero-order valence-electron chi connectivity index (χ0n) is 19.8. The molecule has 1 rings (SSSR count). The second kappa shape index (κ2) is 15.5. The molecule has 0 spiro atoms. The van der Waals surface area contributed by atoms with E-state index in [1.165, 1.54) is 12.5 Å². The number of esters is 2. The van der Waals surface area contributed by atoms with E-state index in [0.717, 1.165) is 25.4 Å². The minimum Gasteiger partial charge on any atom is -0.550 e. The summed E-state index contributed by atoms with van der Waals surface area (Å²) in [6.45, 7) is 12.2. The molecule has 1 aromatic rings. The molecular weight excluding hydrogens is 431 g/mol. The van der Waals surface area contributed by atoms with Crippen LogP contribution in [-0.4, -0.2) is 60.8 Å². The Morgan fingerprint density at radius 2 is 1.47 bits per heavy atom. The maximum atomic E-state index is 12.5. The summed E-state index contributed by atoms with van der Waals surface area (Å²) >= 11 is 0. The summed E-state index contributed by atoms with van der Waals surface area (Å²) in [5, 5.41) is 18.8. The molecule has 180 valence electrons. The maximum absolute atomic E-state index is 12.5. The van der Waals surface area contributed by atoms with Gasteiger partial charge in [-0.25, -0.2) is 4.79 Å². The van der Waals surface area contributed by atoms with Gasteiger partial charge in [0.15, 0.2) is 0 Å². The van der Waals surface area contributed by atoms with Crippen LogP contribution in [0.1, 0.15) is 52.3 Å². The van der Waals surface area contributed by atoms with E-state index in [9.17, 15) is 14.7 Å². The molecule has 2 unspecified atom stereocenters. The molecule has 1 aromatic carbocycles. The molecule has 0 saturated carbocycles. The lowest BCUT2D eigenvalue weighted by atomic mass is 10.1. The number of ether oxygens (including phenoxy) is 2. The van der Waals surface area contributed by atoms with Crippen LogP contribution in [0.15, 0.2) is 42.5 Å². The lowest BCUT2D eigenvalue weighted by Gasteiger charge is -2.32. The molecule has 2 atom stereocenters. The summed E-state index contributed by atoms with van der Waals surface area (Å²) in [7, 11) is -1.35. The minimum atomic E-state index is -1.35. The molecule has 0 bridgehead atoms. The van der Waals surface area contributed by atoms with Crippen LogP contribution in [0.25, 0.3) is 0 Å². The van der Waals surface area contributed by atoms with E-state index in [-0.39, 0.29) is 30.4 Å². The van der Waals surface area contributed by atoms with Crippen LogP contribution in [0.4, 0.5) is 0 Å². The third-order valence-electron chi connectivity index (χ3n) is 5.29. The van der Waals surface area contributed by atoms with Gasteiger partial charge in [-0.2, -0.15) is 0 Å². The molecule has 0 heterocycles. The number of benzene rings is 1. The molecule has 32 heavy (non-hydrogen) atoms. The fourth-order valence-corrected chi connectivity index (χ4v) is 7.39. The molecule has 0 amide bonds. The first-order valence-electron chi connectivity index (χ1n) is 10.8. The minimum absolute atomic E-state index is 0.152. The van der Waals surface area contributed by atoms with Crippen molar-refractivity contribution in [3.05, 3.63) is 48.0 Å². The number of aliphatic hydroxyl groups is 1. The number of hydrogen-bond donors (Lipinski definition) is 1. The molecule has 0 aliphatic rings. The van der Waals surface area contributed by atoms with Gasteiger partial charge in [-0.15, -0.1) is 0 Å². The lowest BCUT2D eigenvalue weighted by Crippen LogP contribution is -2.26. The van der Waals surface area contributed by atoms with Gasteiger partial charge in [-0.05, 0) is 40.2 Å². The molecule has 1 N–H and O–H groups in total. The van der Waals surface area contributed by atoms with Crippen LogP contribution in [0.2, 0.25) is 0 Å². The first kappa shape index (κ1) is 29.8. The van der Waals surface area contributed by atoms with E-state index >= 15 is 0 Å². The van der Waals surface area contributed by atoms with Gasteiger partial charge in [0, 0.05) is 18.8 Å². The van der Waals surface area contributed by atoms with Crippen molar-refractivity contribution in [2.24, 2.45) is 0 Å². The summed E-state index contributed by atoms with van der Waals surface area (Å²) in [5.74, 6) is -1.99. The van der Waals surface area contributed by atoms with E-state index in [1.807, 2.05) is 18.2 Å². The van der Waals surface area contributed by atoms with Gasteiger partial charge in [0.2, 0.25) is 0 Å². The highest BCUT2D eigenvalue weighted by atomic mass is 31.2. The molecule has 8 heteroatoms. The van der Waals surface area contributed by atoms with E-state index in [0.29, 0.717) is 6.42 Å². The van der Waals surface area contributed by atoms with Gasteiger partial charge in [0.1, 0.15) is 25.0 Å². The Labute approximate surface area is 192 Å². The molecule has 0 aliphatic heterocycles. The van der Waals surface area contributed by atoms with Crippen LogP contribution in [0.3, 0.4) is 0 Å². The summed E-state index contributed by atoms with van der Waals surface area (Å²) in [6.07, 6.45) is 2.47. The first-order valence-corrected chi connectivity index (χ1v) is 13.2. The first-order chi connectivity index (χ1) is 15.0. The van der Waals surface area contributed by atoms with Crippen molar-refractivity contribution in [2.75, 3.05) is 31.7 Å². The fraction of sp³-hybridized carbons (Fsp3) is 0.542. The number of aliphatic hydroxyl groups excluding tert-OH is 1. The number of carboxylic acid groups (broad SMARTS) is 1. The molecule has 7 nitrogen and oxygen atoms in total. The van der Waals surface area contributed by atoms with Crippen molar-refractivity contribution >= 4 is 25.2 Å². The van der Waals surface area contributed by atoms with E-state index < -0.39 is 25.3 Å². The van der Waals surface area contributed by atoms with Crippen molar-refractivity contribution < 1.29 is 34.1 Å². The Kier molecular flexibility index (Phi) is 14.5. The maximum Gasteiger partial charge on any atom is 0.333 e. The van der Waals surface area contributed by atoms with Crippen LogP contribution >= 0.6 is 7.26 Å². The predicted octanol–water partition coefficient (Wildman–Crippen LogP) is 2.97. The topological polar surface area (TPSA) is 113 Å². The van der Waals surface area contributed by atoms with Crippen molar-refractivity contribution in [1.82, 2.24) is 0 Å². The Morgan fingerprint density at radius 1 is 1.00 bits per heavy atom. The summed E-state index contributed by atoms with van der Waals surface area (Å²) in [4.78, 5) is 32.8. The van der Waals surface area contributed by atoms with Gasteiger partial charge in [-0.3, -0.25) is 4.79 Å². The lowest BCUT2D eigenvalue weighted by molar-refractivity contribution is -0.302. The largest absolute Gasteiger partial charge is 0.550 e. The highest BCUT2D eigenvalue weighted by Crippen LogP contribution is 2.70. The molecule has 0 radical (unpaired) electrons. The van der Waals surface area contributed by atoms with Crippen molar-refractivity contribution in [1.29, 1.82) is 0 Å². The molecule has 0 saturated heterocycles. The number of carboxylic acids is 1. The Hall–Kier alpha value is -2.24. The van der Waals surface area contributed by atoms with Gasteiger partial charge in [0.25, 0.3) is 0 Å².